The van der Waals surface area contributed by atoms with Gasteiger partial charge in [0.05, 0.1) is 60.1 Å². The lowest BCUT2D eigenvalue weighted by Gasteiger charge is -2.55. The molecule has 2 amide bonds. The second-order valence-electron chi connectivity index (χ2n) is 20.8. The van der Waals surface area contributed by atoms with Crippen LogP contribution in [0.3, 0.4) is 0 Å². The highest BCUT2D eigenvalue weighted by molar-refractivity contribution is 6.35. The fourth-order valence-electron chi connectivity index (χ4n) is 11.8. The zero-order chi connectivity index (χ0) is 48.4. The summed E-state index contributed by atoms with van der Waals surface area (Å²) in [7, 11) is 0. The molecule has 0 saturated carbocycles. The Morgan fingerprint density at radius 3 is 2.27 bits per heavy atom. The molecule has 1 aromatic rings. The lowest BCUT2D eigenvalue weighted by molar-refractivity contribution is -0.398. The summed E-state index contributed by atoms with van der Waals surface area (Å²) >= 11 is 0. The number of nitrogens with zero attached hydrogens (tertiary/aromatic N) is 2. The van der Waals surface area contributed by atoms with Crippen molar-refractivity contribution < 1.29 is 58.2 Å². The minimum absolute atomic E-state index is 0.0701. The average molecular weight is 929 g/mol. The van der Waals surface area contributed by atoms with Gasteiger partial charge in [0.1, 0.15) is 11.8 Å². The van der Waals surface area contributed by atoms with Crippen molar-refractivity contribution in [3.8, 4) is 0 Å². The van der Waals surface area contributed by atoms with Crippen LogP contribution in [-0.2, 0) is 49.4 Å². The Hall–Kier alpha value is -3.25. The van der Waals surface area contributed by atoms with Crippen LogP contribution in [0.25, 0.3) is 0 Å². The number of ketones is 1. The van der Waals surface area contributed by atoms with Gasteiger partial charge >= 0.3 is 17.8 Å². The maximum absolute atomic E-state index is 14.7. The molecule has 4 saturated heterocycles. The molecule has 0 aliphatic carbocycles. The number of aromatic nitrogens is 2. The third-order valence-corrected chi connectivity index (χ3v) is 16.4. The molecule has 66 heavy (non-hydrogen) atoms. The first-order valence-corrected chi connectivity index (χ1v) is 25.0. The highest BCUT2D eigenvalue weighted by Crippen LogP contribution is 2.54. The second kappa shape index (κ2) is 21.2. The monoisotopic (exact) mass is 929 g/mol. The molecular weight excluding hydrogens is 849 g/mol. The third-order valence-electron chi connectivity index (χ3n) is 16.4. The Labute approximate surface area is 391 Å². The standard InChI is InChI=1S/C50H80N4O12/c1-11-35(46(59)60)37-16-15-29(4)42(63-37)33(8)40(55)32(7)41(56)36(12-2)43-30(5)27-31(6)49(64-43)20-17-38(53-45(58)44(57)52-23-14-25-54-26-24-51-28-54)50(66-49)22-21-47(10,65-50)39-18-19-48(61,13-3)34(9)62-39/h17,20,24,26,28-40,42-43,55,61H,11-16,18-19,21-23,25,27H2,1-10H3,(H,52,57)(H,53,58)(H,59,60)/t29-,30-,31+,32-,33-,34-,35+,36-,37+,38+,39+,40+,42+,43-,47-,48+,49-,50-/m0/s1. The van der Waals surface area contributed by atoms with Gasteiger partial charge in [-0.1, -0.05) is 61.5 Å². The largest absolute Gasteiger partial charge is 0.481 e. The third kappa shape index (κ3) is 10.6. The van der Waals surface area contributed by atoms with Crippen LogP contribution in [0.2, 0.25) is 0 Å². The van der Waals surface area contributed by atoms with E-state index in [1.54, 1.807) is 31.6 Å². The average Bonchev–Trinajstić information content (AvgIpc) is 3.94. The summed E-state index contributed by atoms with van der Waals surface area (Å²) in [5, 5.41) is 38.7. The number of carboxylic acid groups (broad SMARTS) is 1. The maximum atomic E-state index is 14.7. The SMILES string of the molecule is CC[C@@H](C(=O)[C@@H](C)[C@@H](O)[C@H](C)[C@@H]1O[C@@H]([C@@H](CC)C(=O)O)CC[C@@H]1C)[C@H]1O[C@]2(C=C[C@@H](NC(=O)C(=O)NCCCn3ccnc3)[C@]3(CC[C@@](C)([C@H]4CC[C@](O)(CC)[C@H](C)O4)O3)O2)[C@H](C)C[C@@H]1C. The number of aliphatic hydroxyl groups is 2. The smallest absolute Gasteiger partial charge is 0.309 e. The van der Waals surface area contributed by atoms with Gasteiger partial charge in [0, 0.05) is 55.6 Å². The van der Waals surface area contributed by atoms with Gasteiger partial charge in [-0.15, -0.1) is 0 Å². The first kappa shape index (κ1) is 52.1. The normalized spacial score (nSPS) is 39.2. The van der Waals surface area contributed by atoms with Gasteiger partial charge in [-0.2, -0.15) is 0 Å². The number of aliphatic carboxylic acids is 1. The van der Waals surface area contributed by atoms with Gasteiger partial charge in [0.2, 0.25) is 0 Å². The number of carbonyl (C=O) groups excluding carboxylic acids is 3. The van der Waals surface area contributed by atoms with E-state index in [-0.39, 0.29) is 30.1 Å². The molecule has 5 N–H and O–H groups in total. The zero-order valence-electron chi connectivity index (χ0n) is 41.1. The molecule has 0 bridgehead atoms. The number of aliphatic hydroxyl groups excluding tert-OH is 1. The Kier molecular flexibility index (Phi) is 16.7. The summed E-state index contributed by atoms with van der Waals surface area (Å²) in [5.41, 5.74) is -1.85. The zero-order valence-corrected chi connectivity index (χ0v) is 41.1. The van der Waals surface area contributed by atoms with Crippen LogP contribution in [0, 0.1) is 41.4 Å². The van der Waals surface area contributed by atoms with Gasteiger partial charge < -0.3 is 54.2 Å². The van der Waals surface area contributed by atoms with Crippen molar-refractivity contribution in [2.75, 3.05) is 6.54 Å². The molecule has 16 heteroatoms. The van der Waals surface area contributed by atoms with Crippen molar-refractivity contribution in [2.24, 2.45) is 41.4 Å². The van der Waals surface area contributed by atoms with Crippen molar-refractivity contribution >= 4 is 23.6 Å². The van der Waals surface area contributed by atoms with Crippen LogP contribution in [0.15, 0.2) is 30.9 Å². The quantitative estimate of drug-likeness (QED) is 0.0720. The van der Waals surface area contributed by atoms with Crippen LogP contribution in [0.5, 0.6) is 0 Å². The van der Waals surface area contributed by atoms with Crippen molar-refractivity contribution in [3.63, 3.8) is 0 Å². The van der Waals surface area contributed by atoms with Crippen molar-refractivity contribution in [1.29, 1.82) is 0 Å². The summed E-state index contributed by atoms with van der Waals surface area (Å²) in [6.45, 7) is 20.3. The minimum atomic E-state index is -1.50. The molecule has 0 radical (unpaired) electrons. The highest BCUT2D eigenvalue weighted by atomic mass is 16.8. The fraction of sp³-hybridized carbons (Fsp3) is 0.820. The van der Waals surface area contributed by atoms with Crippen molar-refractivity contribution in [3.05, 3.63) is 30.9 Å². The number of hydrogen-bond donors (Lipinski definition) is 5. The number of carbonyl (C=O) groups is 4. The van der Waals surface area contributed by atoms with Crippen LogP contribution in [-0.4, -0.2) is 120 Å². The number of rotatable bonds is 17. The molecule has 2 spiro atoms. The summed E-state index contributed by atoms with van der Waals surface area (Å²) in [6, 6.07) is -0.899. The highest BCUT2D eigenvalue weighted by Gasteiger charge is 2.63. The van der Waals surface area contributed by atoms with E-state index in [1.807, 2.05) is 59.2 Å². The molecule has 4 fully saturated rings. The molecule has 1 aromatic heterocycles. The van der Waals surface area contributed by atoms with E-state index >= 15 is 0 Å². The molecule has 16 nitrogen and oxygen atoms in total. The topological polar surface area (TPSA) is 217 Å². The van der Waals surface area contributed by atoms with Crippen LogP contribution in [0.1, 0.15) is 140 Å². The van der Waals surface area contributed by atoms with Gasteiger partial charge in [-0.25, -0.2) is 4.98 Å². The summed E-state index contributed by atoms with van der Waals surface area (Å²) in [5.74, 6) is -8.22. The fourth-order valence-corrected chi connectivity index (χ4v) is 11.8. The van der Waals surface area contributed by atoms with Gasteiger partial charge in [-0.05, 0) is 96.0 Å². The minimum Gasteiger partial charge on any atom is -0.481 e. The number of nitrogens with one attached hydrogen (secondary N) is 2. The van der Waals surface area contributed by atoms with E-state index in [0.29, 0.717) is 70.8 Å². The van der Waals surface area contributed by atoms with Crippen molar-refractivity contribution in [1.82, 2.24) is 20.2 Å². The Balaban J connectivity index is 1.22. The Bertz CT molecular complexity index is 1860. The van der Waals surface area contributed by atoms with E-state index in [2.05, 4.69) is 29.5 Å². The Morgan fingerprint density at radius 2 is 1.64 bits per heavy atom. The number of amides is 2. The van der Waals surface area contributed by atoms with E-state index in [0.717, 1.165) is 6.42 Å². The lowest BCUT2D eigenvalue weighted by atomic mass is 9.72. The maximum Gasteiger partial charge on any atom is 0.309 e. The number of carboxylic acids is 1. The summed E-state index contributed by atoms with van der Waals surface area (Å²) < 4.78 is 36.3. The molecule has 5 aliphatic heterocycles. The first-order valence-electron chi connectivity index (χ1n) is 25.0. The predicted octanol–water partition coefficient (Wildman–Crippen LogP) is 5.71. The summed E-state index contributed by atoms with van der Waals surface area (Å²) in [6.07, 6.45) is 11.4. The second-order valence-corrected chi connectivity index (χ2v) is 20.8. The van der Waals surface area contributed by atoms with Gasteiger partial charge in [0.15, 0.2) is 11.6 Å². The molecule has 0 unspecified atom stereocenters. The van der Waals surface area contributed by atoms with E-state index in [4.69, 9.17) is 23.7 Å². The van der Waals surface area contributed by atoms with Crippen molar-refractivity contribution in [2.45, 2.75) is 212 Å². The molecule has 6 rings (SSSR count). The van der Waals surface area contributed by atoms with E-state index in [9.17, 15) is 34.5 Å². The number of Topliss-reactive ketones (excluding diaryl/α,β-unsaturated/α-hetero) is 1. The van der Waals surface area contributed by atoms with Crippen LogP contribution in [0.4, 0.5) is 0 Å². The van der Waals surface area contributed by atoms with E-state index < -0.39 is 107 Å². The number of hydrogen-bond acceptors (Lipinski definition) is 12. The molecule has 6 heterocycles. The predicted molar refractivity (Wildman–Crippen MR) is 244 cm³/mol. The Morgan fingerprint density at radius 1 is 0.909 bits per heavy atom. The molecule has 18 atom stereocenters. The molecule has 0 aromatic carbocycles. The molecular formula is C50H80N4O12. The molecule has 372 valence electrons. The number of aryl methyl sites for hydroxylation is 1. The first-order chi connectivity index (χ1) is 31.2. The summed E-state index contributed by atoms with van der Waals surface area (Å²) in [4.78, 5) is 57.7. The number of ether oxygens (including phenoxy) is 5. The van der Waals surface area contributed by atoms with Crippen LogP contribution >= 0.6 is 0 Å². The van der Waals surface area contributed by atoms with Gasteiger partial charge in [0.25, 0.3) is 0 Å². The van der Waals surface area contributed by atoms with E-state index in [1.165, 1.54) is 0 Å². The lowest BCUT2D eigenvalue weighted by Crippen LogP contribution is -2.66. The number of imidazole rings is 1. The van der Waals surface area contributed by atoms with Gasteiger partial charge in [-0.3, -0.25) is 19.2 Å². The molecule has 5 aliphatic rings. The van der Waals surface area contributed by atoms with Crippen LogP contribution < -0.4 is 10.6 Å².